The van der Waals surface area contributed by atoms with Gasteiger partial charge in [-0.2, -0.15) is 0 Å². The van der Waals surface area contributed by atoms with Crippen LogP contribution in [0.3, 0.4) is 0 Å². The van der Waals surface area contributed by atoms with E-state index in [2.05, 4.69) is 173 Å². The monoisotopic (exact) mass is 641 g/mol. The van der Waals surface area contributed by atoms with Crippen molar-refractivity contribution < 1.29 is 0 Å². The van der Waals surface area contributed by atoms with E-state index in [1.165, 1.54) is 74.9 Å². The molecule has 11 aromatic rings. The predicted octanol–water partition coefficient (Wildman–Crippen LogP) is 12.5. The third-order valence-electron chi connectivity index (χ3n) is 10.1. The molecule has 3 nitrogen and oxygen atoms in total. The first-order valence-electron chi connectivity index (χ1n) is 16.6. The number of aromatic nitrogens is 3. The van der Waals surface area contributed by atoms with E-state index in [0.717, 1.165) is 22.4 Å². The van der Waals surface area contributed by atoms with Crippen LogP contribution in [-0.2, 0) is 0 Å². The molecule has 0 N–H and O–H groups in total. The first kappa shape index (κ1) is 26.8. The summed E-state index contributed by atoms with van der Waals surface area (Å²) < 4.78 is 7.42. The molecule has 0 aliphatic rings. The van der Waals surface area contributed by atoms with Crippen molar-refractivity contribution in [2.24, 2.45) is 0 Å². The van der Waals surface area contributed by atoms with Gasteiger partial charge in [0.25, 0.3) is 0 Å². The lowest BCUT2D eigenvalue weighted by atomic mass is 9.99. The van der Waals surface area contributed by atoms with E-state index < -0.39 is 0 Å². The largest absolute Gasteiger partial charge is 0.307 e. The maximum Gasteiger partial charge on any atom is 0.0902 e. The number of para-hydroxylation sites is 4. The number of rotatable bonds is 3. The van der Waals surface area contributed by atoms with Crippen LogP contribution in [-0.4, -0.2) is 14.1 Å². The molecule has 0 bridgehead atoms. The van der Waals surface area contributed by atoms with Crippen LogP contribution in [0.25, 0.3) is 97.3 Å². The van der Waals surface area contributed by atoms with Crippen molar-refractivity contribution in [2.75, 3.05) is 0 Å². The molecule has 0 atom stereocenters. The van der Waals surface area contributed by atoms with Crippen LogP contribution in [0.2, 0.25) is 0 Å². The molecule has 0 saturated heterocycles. The molecule has 0 aliphatic carbocycles. The fourth-order valence-electron chi connectivity index (χ4n) is 8.04. The molecule has 0 saturated carbocycles. The lowest BCUT2D eigenvalue weighted by Gasteiger charge is -2.14. The predicted molar refractivity (Wildman–Crippen MR) is 209 cm³/mol. The number of benzene rings is 7. The smallest absolute Gasteiger partial charge is 0.0902 e. The molecule has 7 aromatic carbocycles. The Bertz CT molecular complexity index is 3110. The van der Waals surface area contributed by atoms with E-state index in [1.807, 2.05) is 11.3 Å². The van der Waals surface area contributed by atoms with Gasteiger partial charge in [-0.1, -0.05) is 115 Å². The number of fused-ring (bicyclic) bond motifs is 11. The minimum atomic E-state index is 1.02. The van der Waals surface area contributed by atoms with Crippen molar-refractivity contribution in [3.8, 4) is 22.5 Å². The van der Waals surface area contributed by atoms with Crippen LogP contribution < -0.4 is 0 Å². The number of hydrogen-bond acceptors (Lipinski definition) is 2. The lowest BCUT2D eigenvalue weighted by Crippen LogP contribution is -1.99. The molecule has 4 heterocycles. The fraction of sp³-hybridized carbons (Fsp3) is 0. The summed E-state index contributed by atoms with van der Waals surface area (Å²) >= 11 is 1.84. The van der Waals surface area contributed by atoms with Crippen LogP contribution in [0.4, 0.5) is 0 Å². The number of pyridine rings is 1. The summed E-state index contributed by atoms with van der Waals surface area (Å²) in [4.78, 5) is 5.20. The van der Waals surface area contributed by atoms with Gasteiger partial charge in [0.2, 0.25) is 0 Å². The minimum absolute atomic E-state index is 1.02. The van der Waals surface area contributed by atoms with Gasteiger partial charge in [0, 0.05) is 54.0 Å². The zero-order valence-corrected chi connectivity index (χ0v) is 27.2. The minimum Gasteiger partial charge on any atom is -0.307 e. The Morgan fingerprint density at radius 2 is 1.00 bits per heavy atom. The second-order valence-corrected chi connectivity index (χ2v) is 13.8. The van der Waals surface area contributed by atoms with Crippen molar-refractivity contribution in [1.29, 1.82) is 0 Å². The van der Waals surface area contributed by atoms with Crippen molar-refractivity contribution in [2.45, 2.75) is 0 Å². The average molecular weight is 642 g/mol. The molecule has 0 aliphatic heterocycles. The third-order valence-corrected chi connectivity index (χ3v) is 11.3. The van der Waals surface area contributed by atoms with E-state index in [-0.39, 0.29) is 0 Å². The average Bonchev–Trinajstić information content (AvgIpc) is 3.82. The van der Waals surface area contributed by atoms with E-state index in [9.17, 15) is 0 Å². The summed E-state index contributed by atoms with van der Waals surface area (Å²) in [5.74, 6) is 0. The van der Waals surface area contributed by atoms with Gasteiger partial charge in [-0.05, 0) is 54.1 Å². The molecule has 0 radical (unpaired) electrons. The highest BCUT2D eigenvalue weighted by atomic mass is 32.1. The highest BCUT2D eigenvalue weighted by Gasteiger charge is 2.22. The zero-order chi connectivity index (χ0) is 32.1. The van der Waals surface area contributed by atoms with Crippen molar-refractivity contribution in [3.63, 3.8) is 0 Å². The molecule has 0 amide bonds. The molecular weight excluding hydrogens is 615 g/mol. The molecule has 228 valence electrons. The molecule has 0 fully saturated rings. The summed E-state index contributed by atoms with van der Waals surface area (Å²) in [5, 5.41) is 7.38. The lowest BCUT2D eigenvalue weighted by molar-refractivity contribution is 1.15. The Balaban J connectivity index is 1.28. The topological polar surface area (TPSA) is 22.8 Å². The van der Waals surface area contributed by atoms with Gasteiger partial charge in [-0.15, -0.1) is 11.3 Å². The van der Waals surface area contributed by atoms with Crippen LogP contribution in [0, 0.1) is 0 Å². The number of thiophene rings is 1. The zero-order valence-electron chi connectivity index (χ0n) is 26.3. The maximum absolute atomic E-state index is 5.20. The van der Waals surface area contributed by atoms with Crippen LogP contribution in [0.1, 0.15) is 0 Å². The second kappa shape index (κ2) is 10.1. The summed E-state index contributed by atoms with van der Waals surface area (Å²) in [5.41, 5.74) is 11.6. The second-order valence-electron chi connectivity index (χ2n) is 12.7. The van der Waals surface area contributed by atoms with Gasteiger partial charge in [-0.3, -0.25) is 0 Å². The first-order chi connectivity index (χ1) is 24.3. The van der Waals surface area contributed by atoms with Crippen LogP contribution in [0.5, 0.6) is 0 Å². The molecule has 4 aromatic heterocycles. The molecule has 49 heavy (non-hydrogen) atoms. The SMILES string of the molecule is c1ccc(-n2c3ccccc3c3ccc4c5ccccc5n(-c5cccc(-c6c7ccccc7nc7c6sc6ccccc67)c5)c4c32)cc1. The van der Waals surface area contributed by atoms with E-state index in [1.54, 1.807) is 0 Å². The van der Waals surface area contributed by atoms with Gasteiger partial charge >= 0.3 is 0 Å². The Labute approximate surface area is 285 Å². The van der Waals surface area contributed by atoms with Gasteiger partial charge in [0.1, 0.15) is 0 Å². The molecule has 4 heteroatoms. The van der Waals surface area contributed by atoms with Crippen LogP contribution in [0.15, 0.2) is 164 Å². The summed E-state index contributed by atoms with van der Waals surface area (Å²) in [6, 6.07) is 59.3. The summed E-state index contributed by atoms with van der Waals surface area (Å²) in [6.07, 6.45) is 0. The Hall–Kier alpha value is -6.23. The van der Waals surface area contributed by atoms with Gasteiger partial charge in [-0.25, -0.2) is 4.98 Å². The van der Waals surface area contributed by atoms with Gasteiger partial charge in [0.05, 0.1) is 37.8 Å². The van der Waals surface area contributed by atoms with Crippen LogP contribution >= 0.6 is 11.3 Å². The number of hydrogen-bond donors (Lipinski definition) is 0. The third kappa shape index (κ3) is 3.75. The standard InChI is InChI=1S/C45H27N3S/c1-2-14-29(15-3-1)47-38-22-9-5-17-31(38)33-25-26-34-32-18-6-10-23-39(32)48(44(34)43(33)47)30-16-12-13-28(27-30)41-35-19-4-8-21-37(35)46-42-36-20-7-11-24-40(36)49-45(41)42/h1-27H. The summed E-state index contributed by atoms with van der Waals surface area (Å²) in [6.45, 7) is 0. The quantitative estimate of drug-likeness (QED) is 0.188. The van der Waals surface area contributed by atoms with E-state index in [4.69, 9.17) is 4.98 Å². The Morgan fingerprint density at radius 1 is 0.429 bits per heavy atom. The van der Waals surface area contributed by atoms with E-state index >= 15 is 0 Å². The fourth-order valence-corrected chi connectivity index (χ4v) is 9.26. The molecular formula is C45H27N3S. The molecule has 0 spiro atoms. The van der Waals surface area contributed by atoms with Gasteiger partial charge in [0.15, 0.2) is 0 Å². The van der Waals surface area contributed by atoms with Crippen molar-refractivity contribution in [3.05, 3.63) is 164 Å². The highest BCUT2D eigenvalue weighted by molar-refractivity contribution is 7.26. The normalized spacial score (nSPS) is 12.1. The van der Waals surface area contributed by atoms with Crippen molar-refractivity contribution in [1.82, 2.24) is 14.1 Å². The first-order valence-corrected chi connectivity index (χ1v) is 17.5. The molecule has 11 rings (SSSR count). The Morgan fingerprint density at radius 3 is 1.73 bits per heavy atom. The maximum atomic E-state index is 5.20. The highest BCUT2D eigenvalue weighted by Crippen LogP contribution is 2.45. The number of nitrogens with zero attached hydrogens (tertiary/aromatic N) is 3. The van der Waals surface area contributed by atoms with Crippen molar-refractivity contribution >= 4 is 86.2 Å². The van der Waals surface area contributed by atoms with E-state index in [0.29, 0.717) is 0 Å². The van der Waals surface area contributed by atoms with Gasteiger partial charge < -0.3 is 9.13 Å². The summed E-state index contributed by atoms with van der Waals surface area (Å²) in [7, 11) is 0. The molecule has 0 unspecified atom stereocenters. The Kier molecular flexibility index (Phi) is 5.54.